The van der Waals surface area contributed by atoms with Crippen LogP contribution in [0.5, 0.6) is 0 Å². The summed E-state index contributed by atoms with van der Waals surface area (Å²) < 4.78 is 81.9. The van der Waals surface area contributed by atoms with Crippen molar-refractivity contribution >= 4 is 0 Å². The van der Waals surface area contributed by atoms with Crippen LogP contribution in [0.25, 0.3) is 0 Å². The number of halogens is 7. The van der Waals surface area contributed by atoms with Crippen molar-refractivity contribution in [3.8, 4) is 0 Å². The molecule has 0 aliphatic rings. The molecule has 0 fully saturated rings. The number of ether oxygens (including phenoxy) is 1. The highest BCUT2D eigenvalue weighted by Gasteiger charge is 2.60. The van der Waals surface area contributed by atoms with Gasteiger partial charge in [-0.25, -0.2) is 0 Å². The van der Waals surface area contributed by atoms with E-state index in [1.54, 1.807) is 0 Å². The minimum absolute atomic E-state index is 2.44. The molecule has 1 radical (unpaired) electrons. The van der Waals surface area contributed by atoms with Crippen LogP contribution >= 0.6 is 0 Å². The van der Waals surface area contributed by atoms with E-state index in [2.05, 4.69) is 4.74 Å². The van der Waals surface area contributed by atoms with Gasteiger partial charge in [0, 0.05) is 0 Å². The van der Waals surface area contributed by atoms with Crippen LogP contribution in [0.4, 0.5) is 30.7 Å². The monoisotopic (exact) mass is 215 g/mol. The number of alkyl halides is 7. The molecule has 0 spiro atoms. The van der Waals surface area contributed by atoms with Gasteiger partial charge in [-0.3, -0.25) is 0 Å². The summed E-state index contributed by atoms with van der Waals surface area (Å²) in [4.78, 5) is 0. The second kappa shape index (κ2) is 3.29. The van der Waals surface area contributed by atoms with Crippen LogP contribution in [0.3, 0.4) is 0 Å². The van der Waals surface area contributed by atoms with E-state index in [1.165, 1.54) is 0 Å². The van der Waals surface area contributed by atoms with Gasteiger partial charge >= 0.3 is 18.4 Å². The molecule has 13 heavy (non-hydrogen) atoms. The largest absolute Gasteiger partial charge is 0.474 e. The standard InChI is InChI=1S/C4H2F7O2/c5-2(6,7)1-13-4(10,11)3(8,9)12/h1H2. The third kappa shape index (κ3) is 4.27. The molecule has 0 aliphatic carbocycles. The first-order valence-electron chi connectivity index (χ1n) is 2.62. The van der Waals surface area contributed by atoms with Crippen molar-refractivity contribution < 1.29 is 40.6 Å². The zero-order valence-corrected chi connectivity index (χ0v) is 5.67. The van der Waals surface area contributed by atoms with E-state index in [-0.39, 0.29) is 0 Å². The number of hydrogen-bond acceptors (Lipinski definition) is 1. The topological polar surface area (TPSA) is 29.1 Å². The minimum atomic E-state index is -5.89. The van der Waals surface area contributed by atoms with Gasteiger partial charge in [0.2, 0.25) is 0 Å². The molecule has 0 aromatic heterocycles. The molecule has 0 atom stereocenters. The lowest BCUT2D eigenvalue weighted by molar-refractivity contribution is -0.445. The molecule has 0 aliphatic heterocycles. The van der Waals surface area contributed by atoms with Crippen LogP contribution in [0.15, 0.2) is 0 Å². The fourth-order valence-corrected chi connectivity index (χ4v) is 0.256. The van der Waals surface area contributed by atoms with Gasteiger partial charge in [-0.05, 0) is 0 Å². The molecular formula is C4H2F7O2. The third-order valence-electron chi connectivity index (χ3n) is 0.756. The predicted octanol–water partition coefficient (Wildman–Crippen LogP) is 2.18. The molecule has 79 valence electrons. The molecule has 0 N–H and O–H groups in total. The Morgan fingerprint density at radius 2 is 1.31 bits per heavy atom. The molecule has 0 aromatic carbocycles. The summed E-state index contributed by atoms with van der Waals surface area (Å²) >= 11 is 0. The van der Waals surface area contributed by atoms with E-state index >= 15 is 0 Å². The highest BCUT2D eigenvalue weighted by atomic mass is 19.4. The van der Waals surface area contributed by atoms with E-state index in [9.17, 15) is 35.8 Å². The maximum Gasteiger partial charge on any atom is 0.474 e. The fourth-order valence-electron chi connectivity index (χ4n) is 0.256. The fraction of sp³-hybridized carbons (Fsp3) is 1.00. The Kier molecular flexibility index (Phi) is 3.15. The molecule has 0 saturated heterocycles. The van der Waals surface area contributed by atoms with Gasteiger partial charge < -0.3 is 4.74 Å². The van der Waals surface area contributed by atoms with E-state index in [4.69, 9.17) is 0 Å². The van der Waals surface area contributed by atoms with Crippen LogP contribution in [0.1, 0.15) is 0 Å². The Morgan fingerprint density at radius 3 is 1.54 bits per heavy atom. The maximum atomic E-state index is 11.7. The molecule has 0 saturated carbocycles. The normalized spacial score (nSPS) is 14.8. The summed E-state index contributed by atoms with van der Waals surface area (Å²) in [5.41, 5.74) is 0. The molecule has 2 nitrogen and oxygen atoms in total. The quantitative estimate of drug-likeness (QED) is 0.663. The minimum Gasteiger partial charge on any atom is -0.304 e. The molecule has 0 rings (SSSR count). The Balaban J connectivity index is 4.21. The maximum absolute atomic E-state index is 11.7. The first-order chi connectivity index (χ1) is 5.46. The molecule has 0 unspecified atom stereocenters. The first kappa shape index (κ1) is 12.4. The summed E-state index contributed by atoms with van der Waals surface area (Å²) in [6.07, 6.45) is -16.8. The molecule has 0 bridgehead atoms. The van der Waals surface area contributed by atoms with Gasteiger partial charge in [0.1, 0.15) is 6.61 Å². The second-order valence-electron chi connectivity index (χ2n) is 1.94. The average molecular weight is 215 g/mol. The predicted molar refractivity (Wildman–Crippen MR) is 22.6 cm³/mol. The Morgan fingerprint density at radius 1 is 0.923 bits per heavy atom. The van der Waals surface area contributed by atoms with Gasteiger partial charge in [-0.15, -0.1) is 5.11 Å². The lowest BCUT2D eigenvalue weighted by atomic mass is 10.5. The van der Waals surface area contributed by atoms with Gasteiger partial charge in [0.05, 0.1) is 0 Å². The zero-order valence-electron chi connectivity index (χ0n) is 5.67. The van der Waals surface area contributed by atoms with Crippen molar-refractivity contribution in [3.05, 3.63) is 0 Å². The molecule has 0 aromatic rings. The Hall–Kier alpha value is -0.570. The number of rotatable bonds is 3. The van der Waals surface area contributed by atoms with Crippen molar-refractivity contribution in [2.45, 2.75) is 18.4 Å². The van der Waals surface area contributed by atoms with Crippen LogP contribution in [0, 0.1) is 0 Å². The van der Waals surface area contributed by atoms with E-state index < -0.39 is 25.0 Å². The van der Waals surface area contributed by atoms with Gasteiger partial charge in [0.15, 0.2) is 0 Å². The van der Waals surface area contributed by atoms with Gasteiger partial charge in [-0.1, -0.05) is 0 Å². The highest BCUT2D eigenvalue weighted by Crippen LogP contribution is 2.34. The smallest absolute Gasteiger partial charge is 0.304 e. The van der Waals surface area contributed by atoms with Gasteiger partial charge in [-0.2, -0.15) is 30.7 Å². The summed E-state index contributed by atoms with van der Waals surface area (Å²) in [7, 11) is 0. The Bertz CT molecular complexity index is 168. The van der Waals surface area contributed by atoms with Crippen molar-refractivity contribution in [1.29, 1.82) is 0 Å². The van der Waals surface area contributed by atoms with Crippen molar-refractivity contribution in [3.63, 3.8) is 0 Å². The first-order valence-corrected chi connectivity index (χ1v) is 2.62. The molecule has 0 heterocycles. The van der Waals surface area contributed by atoms with Crippen LogP contribution in [0.2, 0.25) is 0 Å². The van der Waals surface area contributed by atoms with E-state index in [0.29, 0.717) is 0 Å². The average Bonchev–Trinajstić information content (AvgIpc) is 1.79. The summed E-state index contributed by atoms with van der Waals surface area (Å²) in [6, 6.07) is 0. The zero-order chi connectivity index (χ0) is 10.9. The second-order valence-corrected chi connectivity index (χ2v) is 1.94. The summed E-state index contributed by atoms with van der Waals surface area (Å²) in [5.74, 6) is 0. The van der Waals surface area contributed by atoms with Crippen LogP contribution in [-0.2, 0) is 9.84 Å². The van der Waals surface area contributed by atoms with Crippen molar-refractivity contribution in [1.82, 2.24) is 0 Å². The molecule has 9 heteroatoms. The third-order valence-corrected chi connectivity index (χ3v) is 0.756. The lowest BCUT2D eigenvalue weighted by Crippen LogP contribution is -2.43. The summed E-state index contributed by atoms with van der Waals surface area (Å²) in [6.45, 7) is -2.61. The SMILES string of the molecule is [O]C(F)(F)C(F)(F)OCC(F)(F)F. The van der Waals surface area contributed by atoms with Crippen LogP contribution < -0.4 is 0 Å². The Labute approximate surface area is 66.9 Å². The van der Waals surface area contributed by atoms with Crippen molar-refractivity contribution in [2.75, 3.05) is 6.61 Å². The molecule has 0 amide bonds. The van der Waals surface area contributed by atoms with E-state index in [1.807, 2.05) is 0 Å². The number of hydrogen-bond donors (Lipinski definition) is 0. The summed E-state index contributed by atoms with van der Waals surface area (Å²) in [5, 5.41) is 9.27. The van der Waals surface area contributed by atoms with Crippen molar-refractivity contribution in [2.24, 2.45) is 0 Å². The lowest BCUT2D eigenvalue weighted by Gasteiger charge is -2.20. The molecular weight excluding hydrogens is 213 g/mol. The van der Waals surface area contributed by atoms with Gasteiger partial charge in [0.25, 0.3) is 0 Å². The van der Waals surface area contributed by atoms with E-state index in [0.717, 1.165) is 0 Å². The highest BCUT2D eigenvalue weighted by molar-refractivity contribution is 4.64. The van der Waals surface area contributed by atoms with Crippen LogP contribution in [-0.4, -0.2) is 25.0 Å².